The van der Waals surface area contributed by atoms with Crippen molar-refractivity contribution in [2.24, 2.45) is 0 Å². The molecule has 0 spiro atoms. The molecule has 0 saturated heterocycles. The summed E-state index contributed by atoms with van der Waals surface area (Å²) in [5.74, 6) is -0.307. The Hall–Kier alpha value is -3.05. The van der Waals surface area contributed by atoms with Crippen LogP contribution in [0.1, 0.15) is 13.3 Å². The first-order valence-electron chi connectivity index (χ1n) is 8.82. The summed E-state index contributed by atoms with van der Waals surface area (Å²) in [6.07, 6.45) is -4.38. The van der Waals surface area contributed by atoms with E-state index in [1.165, 1.54) is 23.9 Å². The molecule has 2 aromatic carbocycles. The molecule has 2 N–H and O–H groups in total. The Bertz CT molecular complexity index is 1050. The van der Waals surface area contributed by atoms with E-state index in [0.29, 0.717) is 23.0 Å². The molecule has 3 aromatic rings. The lowest BCUT2D eigenvalue weighted by Crippen LogP contribution is -2.17. The van der Waals surface area contributed by atoms with Crippen LogP contribution in [0.4, 0.5) is 30.5 Å². The van der Waals surface area contributed by atoms with Gasteiger partial charge in [0.2, 0.25) is 17.1 Å². The minimum atomic E-state index is -4.76. The van der Waals surface area contributed by atoms with Gasteiger partial charge in [-0.2, -0.15) is 15.0 Å². The van der Waals surface area contributed by atoms with E-state index in [-0.39, 0.29) is 22.9 Å². The van der Waals surface area contributed by atoms with Gasteiger partial charge < -0.3 is 15.4 Å². The molecule has 0 aliphatic carbocycles. The average molecular weight is 470 g/mol. The molecular formula is C19H15ClF3N5O2S. The fourth-order valence-electron chi connectivity index (χ4n) is 2.26. The maximum Gasteiger partial charge on any atom is 0.573 e. The van der Waals surface area contributed by atoms with Crippen LogP contribution in [0, 0.1) is 0 Å². The first-order chi connectivity index (χ1) is 14.7. The summed E-state index contributed by atoms with van der Waals surface area (Å²) < 4.78 is 40.6. The first-order valence-corrected chi connectivity index (χ1v) is 10.0. The number of hydrogen-bond acceptors (Lipinski definition) is 7. The highest BCUT2D eigenvalue weighted by Crippen LogP contribution is 2.28. The number of carbonyl (C=O) groups is 1. The van der Waals surface area contributed by atoms with Crippen molar-refractivity contribution in [3.8, 4) is 5.75 Å². The lowest BCUT2D eigenvalue weighted by molar-refractivity contribution is -0.274. The molecule has 0 saturated carbocycles. The Kier molecular flexibility index (Phi) is 7.18. The summed E-state index contributed by atoms with van der Waals surface area (Å²) in [5.41, 5.74) is 1.11. The van der Waals surface area contributed by atoms with Crippen LogP contribution in [0.25, 0.3) is 0 Å². The molecule has 0 aliphatic heterocycles. The Balaban J connectivity index is 1.68. The van der Waals surface area contributed by atoms with Crippen molar-refractivity contribution in [1.82, 2.24) is 15.0 Å². The zero-order chi connectivity index (χ0) is 22.4. The Morgan fingerprint density at radius 2 is 1.68 bits per heavy atom. The minimum Gasteiger partial charge on any atom is -0.406 e. The molecule has 0 fully saturated rings. The number of aromatic nitrogens is 3. The number of ether oxygens (including phenoxy) is 1. The molecule has 3 rings (SSSR count). The molecule has 1 aromatic heterocycles. The van der Waals surface area contributed by atoms with Gasteiger partial charge in [-0.25, -0.2) is 0 Å². The van der Waals surface area contributed by atoms with Gasteiger partial charge in [0, 0.05) is 22.7 Å². The second-order valence-electron chi connectivity index (χ2n) is 5.94. The van der Waals surface area contributed by atoms with Crippen LogP contribution in [-0.2, 0) is 4.79 Å². The Morgan fingerprint density at radius 1 is 1.03 bits per heavy atom. The van der Waals surface area contributed by atoms with Gasteiger partial charge in [0.15, 0.2) is 5.16 Å². The Morgan fingerprint density at radius 3 is 2.29 bits per heavy atom. The lowest BCUT2D eigenvalue weighted by atomic mass is 10.3. The molecule has 0 aliphatic rings. The highest BCUT2D eigenvalue weighted by atomic mass is 35.5. The van der Waals surface area contributed by atoms with Gasteiger partial charge in [-0.3, -0.25) is 4.79 Å². The second-order valence-corrected chi connectivity index (χ2v) is 7.31. The van der Waals surface area contributed by atoms with Crippen LogP contribution in [0.5, 0.6) is 5.75 Å². The monoisotopic (exact) mass is 469 g/mol. The number of carbonyl (C=O) groups excluding carboxylic acids is 1. The van der Waals surface area contributed by atoms with Crippen molar-refractivity contribution >= 4 is 46.6 Å². The van der Waals surface area contributed by atoms with E-state index in [0.717, 1.165) is 17.0 Å². The zero-order valence-corrected chi connectivity index (χ0v) is 17.5. The van der Waals surface area contributed by atoms with Crippen molar-refractivity contribution < 1.29 is 22.7 Å². The van der Waals surface area contributed by atoms with E-state index in [1.807, 2.05) is 0 Å². The SMILES string of the molecule is CCC(=O)Nc1ccc(Sc2nc(Cl)nc(Nc3ccc(OC(F)(F)F)cc3)n2)cc1. The molecule has 7 nitrogen and oxygen atoms in total. The predicted octanol–water partition coefficient (Wildman–Crippen LogP) is 5.67. The third kappa shape index (κ3) is 7.30. The summed E-state index contributed by atoms with van der Waals surface area (Å²) in [5, 5.41) is 5.86. The van der Waals surface area contributed by atoms with Gasteiger partial charge >= 0.3 is 6.36 Å². The number of anilines is 3. The number of hydrogen-bond donors (Lipinski definition) is 2. The maximum atomic E-state index is 12.3. The molecule has 0 radical (unpaired) electrons. The predicted molar refractivity (Wildman–Crippen MR) is 111 cm³/mol. The van der Waals surface area contributed by atoms with Gasteiger partial charge in [-0.1, -0.05) is 6.92 Å². The minimum absolute atomic E-state index is 0.0520. The summed E-state index contributed by atoms with van der Waals surface area (Å²) in [7, 11) is 0. The van der Waals surface area contributed by atoms with Crippen molar-refractivity contribution in [3.05, 3.63) is 53.8 Å². The molecule has 1 heterocycles. The second kappa shape index (κ2) is 9.84. The standard InChI is InChI=1S/C19H15ClF3N5O2S/c1-2-15(29)24-11-5-9-14(10-6-11)31-18-27-16(20)26-17(28-18)25-12-3-7-13(8-4-12)30-19(21,22)23/h3-10H,2H2,1H3,(H,24,29)(H,25,26,27,28). The molecule has 1 amide bonds. The molecule has 0 unspecified atom stereocenters. The molecule has 12 heteroatoms. The molecule has 162 valence electrons. The van der Waals surface area contributed by atoms with Crippen LogP contribution in [0.3, 0.4) is 0 Å². The fraction of sp³-hybridized carbons (Fsp3) is 0.158. The van der Waals surface area contributed by atoms with Gasteiger partial charge in [-0.15, -0.1) is 13.2 Å². The van der Waals surface area contributed by atoms with Crippen LogP contribution >= 0.6 is 23.4 Å². The van der Waals surface area contributed by atoms with E-state index in [1.54, 1.807) is 31.2 Å². The van der Waals surface area contributed by atoms with Gasteiger partial charge in [-0.05, 0) is 71.9 Å². The topological polar surface area (TPSA) is 89.0 Å². The number of alkyl halides is 3. The smallest absolute Gasteiger partial charge is 0.406 e. The van der Waals surface area contributed by atoms with Gasteiger partial charge in [0.25, 0.3) is 0 Å². The quantitative estimate of drug-likeness (QED) is 0.461. The Labute approximate surface area is 184 Å². The highest BCUT2D eigenvalue weighted by Gasteiger charge is 2.30. The van der Waals surface area contributed by atoms with Crippen molar-refractivity contribution in [3.63, 3.8) is 0 Å². The number of benzene rings is 2. The number of nitrogens with one attached hydrogen (secondary N) is 2. The van der Waals surface area contributed by atoms with Crippen LogP contribution in [-0.4, -0.2) is 27.2 Å². The summed E-state index contributed by atoms with van der Waals surface area (Å²) in [6.45, 7) is 1.76. The molecular weight excluding hydrogens is 455 g/mol. The largest absolute Gasteiger partial charge is 0.573 e. The summed E-state index contributed by atoms with van der Waals surface area (Å²) in [6, 6.07) is 12.2. The van der Waals surface area contributed by atoms with E-state index < -0.39 is 6.36 Å². The van der Waals surface area contributed by atoms with E-state index >= 15 is 0 Å². The van der Waals surface area contributed by atoms with Crippen LogP contribution in [0.2, 0.25) is 5.28 Å². The number of halogens is 4. The first kappa shape index (κ1) is 22.6. The number of amides is 1. The third-order valence-corrected chi connectivity index (χ3v) is 4.64. The molecule has 0 bridgehead atoms. The van der Waals surface area contributed by atoms with E-state index in [9.17, 15) is 18.0 Å². The van der Waals surface area contributed by atoms with Crippen molar-refractivity contribution in [1.29, 1.82) is 0 Å². The van der Waals surface area contributed by atoms with Gasteiger partial charge in [0.05, 0.1) is 0 Å². The zero-order valence-electron chi connectivity index (χ0n) is 15.9. The molecule has 31 heavy (non-hydrogen) atoms. The van der Waals surface area contributed by atoms with Crippen molar-refractivity contribution in [2.45, 2.75) is 29.8 Å². The number of rotatable bonds is 7. The lowest BCUT2D eigenvalue weighted by Gasteiger charge is -2.10. The van der Waals surface area contributed by atoms with E-state index in [2.05, 4.69) is 30.3 Å². The van der Waals surface area contributed by atoms with Crippen molar-refractivity contribution in [2.75, 3.05) is 10.6 Å². The fourth-order valence-corrected chi connectivity index (χ4v) is 3.22. The third-order valence-electron chi connectivity index (χ3n) is 3.60. The van der Waals surface area contributed by atoms with E-state index in [4.69, 9.17) is 11.6 Å². The normalized spacial score (nSPS) is 11.1. The highest BCUT2D eigenvalue weighted by molar-refractivity contribution is 7.99. The average Bonchev–Trinajstić information content (AvgIpc) is 2.69. The molecule has 0 atom stereocenters. The summed E-state index contributed by atoms with van der Waals surface area (Å²) in [4.78, 5) is 24.5. The maximum absolute atomic E-state index is 12.3. The van der Waals surface area contributed by atoms with Crippen LogP contribution in [0.15, 0.2) is 58.6 Å². The van der Waals surface area contributed by atoms with Crippen LogP contribution < -0.4 is 15.4 Å². The summed E-state index contributed by atoms with van der Waals surface area (Å²) >= 11 is 7.19. The van der Waals surface area contributed by atoms with Gasteiger partial charge in [0.1, 0.15) is 5.75 Å². The number of nitrogens with zero attached hydrogens (tertiary/aromatic N) is 3.